The maximum absolute atomic E-state index is 9.99. The zero-order valence-corrected chi connectivity index (χ0v) is 9.15. The van der Waals surface area contributed by atoms with Crippen molar-refractivity contribution in [1.82, 2.24) is 0 Å². The fourth-order valence-electron chi connectivity index (χ4n) is 2.45. The molecule has 0 aliphatic heterocycles. The highest BCUT2D eigenvalue weighted by Gasteiger charge is 2.26. The van der Waals surface area contributed by atoms with Crippen LogP contribution in [0.15, 0.2) is 24.3 Å². The molecule has 1 fully saturated rings. The molecule has 0 aromatic heterocycles. The van der Waals surface area contributed by atoms with Gasteiger partial charge < -0.3 is 9.84 Å². The van der Waals surface area contributed by atoms with Crippen molar-refractivity contribution in [3.63, 3.8) is 0 Å². The van der Waals surface area contributed by atoms with Crippen molar-refractivity contribution in [2.45, 2.75) is 37.7 Å². The highest BCUT2D eigenvalue weighted by molar-refractivity contribution is 5.37. The Bertz CT molecular complexity index is 322. The molecule has 15 heavy (non-hydrogen) atoms. The Morgan fingerprint density at radius 2 is 1.93 bits per heavy atom. The van der Waals surface area contributed by atoms with Crippen LogP contribution in [0, 0.1) is 0 Å². The van der Waals surface area contributed by atoms with Crippen LogP contribution in [-0.4, -0.2) is 18.3 Å². The van der Waals surface area contributed by atoms with Gasteiger partial charge in [0.25, 0.3) is 0 Å². The first-order chi connectivity index (χ1) is 7.33. The predicted octanol–water partition coefficient (Wildman–Crippen LogP) is 2.71. The Balaban J connectivity index is 2.26. The van der Waals surface area contributed by atoms with Gasteiger partial charge >= 0.3 is 0 Å². The quantitative estimate of drug-likeness (QED) is 0.806. The van der Waals surface area contributed by atoms with E-state index >= 15 is 0 Å². The van der Waals surface area contributed by atoms with Gasteiger partial charge in [0.2, 0.25) is 0 Å². The SMILES string of the molecule is COc1ccccc1[C@@H]1CCCC[C@H]1O. The number of aliphatic hydroxyl groups excluding tert-OH is 1. The second-order valence-corrected chi connectivity index (χ2v) is 4.20. The molecule has 0 bridgehead atoms. The Labute approximate surface area is 90.9 Å². The summed E-state index contributed by atoms with van der Waals surface area (Å²) in [7, 11) is 1.69. The molecule has 0 heterocycles. The molecule has 1 aliphatic rings. The molecule has 1 saturated carbocycles. The molecule has 1 N–H and O–H groups in total. The molecule has 2 atom stereocenters. The van der Waals surface area contributed by atoms with Crippen molar-refractivity contribution in [2.24, 2.45) is 0 Å². The van der Waals surface area contributed by atoms with E-state index in [1.165, 1.54) is 6.42 Å². The Morgan fingerprint density at radius 3 is 2.67 bits per heavy atom. The number of rotatable bonds is 2. The Kier molecular flexibility index (Phi) is 3.27. The maximum atomic E-state index is 9.99. The Morgan fingerprint density at radius 1 is 1.20 bits per heavy atom. The lowest BCUT2D eigenvalue weighted by atomic mass is 9.81. The van der Waals surface area contributed by atoms with E-state index in [1.54, 1.807) is 7.11 Å². The van der Waals surface area contributed by atoms with Crippen LogP contribution in [0.5, 0.6) is 5.75 Å². The summed E-state index contributed by atoms with van der Waals surface area (Å²) < 4.78 is 5.34. The van der Waals surface area contributed by atoms with Crippen LogP contribution in [0.4, 0.5) is 0 Å². The molecule has 0 unspecified atom stereocenters. The smallest absolute Gasteiger partial charge is 0.122 e. The molecule has 1 aromatic rings. The van der Waals surface area contributed by atoms with Gasteiger partial charge in [0, 0.05) is 5.92 Å². The lowest BCUT2D eigenvalue weighted by molar-refractivity contribution is 0.105. The molecule has 2 heteroatoms. The van der Waals surface area contributed by atoms with E-state index < -0.39 is 0 Å². The molecule has 0 saturated heterocycles. The van der Waals surface area contributed by atoms with Crippen molar-refractivity contribution >= 4 is 0 Å². The molecular formula is C13H18O2. The van der Waals surface area contributed by atoms with E-state index in [9.17, 15) is 5.11 Å². The van der Waals surface area contributed by atoms with Crippen molar-refractivity contribution in [1.29, 1.82) is 0 Å². The zero-order chi connectivity index (χ0) is 10.7. The predicted molar refractivity (Wildman–Crippen MR) is 60.2 cm³/mol. The monoisotopic (exact) mass is 206 g/mol. The Hall–Kier alpha value is -1.02. The lowest BCUT2D eigenvalue weighted by Crippen LogP contribution is -2.22. The van der Waals surface area contributed by atoms with Gasteiger partial charge in [-0.15, -0.1) is 0 Å². The normalized spacial score (nSPS) is 26.3. The standard InChI is InChI=1S/C13H18O2/c1-15-13-9-5-3-7-11(13)10-6-2-4-8-12(10)14/h3,5,7,9-10,12,14H,2,4,6,8H2,1H3/t10-,12+/m0/s1. The second-order valence-electron chi connectivity index (χ2n) is 4.20. The minimum Gasteiger partial charge on any atom is -0.496 e. The van der Waals surface area contributed by atoms with Crippen LogP contribution in [0.25, 0.3) is 0 Å². The van der Waals surface area contributed by atoms with Gasteiger partial charge in [-0.1, -0.05) is 31.0 Å². The van der Waals surface area contributed by atoms with Gasteiger partial charge in [0.1, 0.15) is 5.75 Å². The number of hydrogen-bond donors (Lipinski definition) is 1. The third-order valence-corrected chi connectivity index (χ3v) is 3.27. The summed E-state index contributed by atoms with van der Waals surface area (Å²) in [6.45, 7) is 0. The van der Waals surface area contributed by atoms with Gasteiger partial charge in [0.05, 0.1) is 13.2 Å². The molecule has 2 nitrogen and oxygen atoms in total. The minimum absolute atomic E-state index is 0.199. The molecule has 0 spiro atoms. The number of benzene rings is 1. The van der Waals surface area contributed by atoms with Gasteiger partial charge in [-0.2, -0.15) is 0 Å². The first kappa shape index (κ1) is 10.5. The van der Waals surface area contributed by atoms with Crippen molar-refractivity contribution in [3.8, 4) is 5.75 Å². The molecule has 0 amide bonds. The molecule has 82 valence electrons. The summed E-state index contributed by atoms with van der Waals surface area (Å²) in [4.78, 5) is 0. The van der Waals surface area contributed by atoms with E-state index in [0.717, 1.165) is 30.6 Å². The average molecular weight is 206 g/mol. The first-order valence-corrected chi connectivity index (χ1v) is 5.64. The van der Waals surface area contributed by atoms with Gasteiger partial charge in [-0.25, -0.2) is 0 Å². The van der Waals surface area contributed by atoms with Crippen LogP contribution in [-0.2, 0) is 0 Å². The number of ether oxygens (including phenoxy) is 1. The van der Waals surface area contributed by atoms with E-state index in [1.807, 2.05) is 18.2 Å². The highest BCUT2D eigenvalue weighted by Crippen LogP contribution is 2.37. The summed E-state index contributed by atoms with van der Waals surface area (Å²) >= 11 is 0. The largest absolute Gasteiger partial charge is 0.496 e. The van der Waals surface area contributed by atoms with E-state index in [0.29, 0.717) is 0 Å². The van der Waals surface area contributed by atoms with Gasteiger partial charge in [-0.05, 0) is 24.5 Å². The molecule has 1 aliphatic carbocycles. The lowest BCUT2D eigenvalue weighted by Gasteiger charge is -2.28. The van der Waals surface area contributed by atoms with Crippen LogP contribution in [0.3, 0.4) is 0 Å². The third kappa shape index (κ3) is 2.15. The number of para-hydroxylation sites is 1. The summed E-state index contributed by atoms with van der Waals surface area (Å²) in [6.07, 6.45) is 4.15. The van der Waals surface area contributed by atoms with Gasteiger partial charge in [-0.3, -0.25) is 0 Å². The van der Waals surface area contributed by atoms with Crippen LogP contribution >= 0.6 is 0 Å². The maximum Gasteiger partial charge on any atom is 0.122 e. The fraction of sp³-hybridized carbons (Fsp3) is 0.538. The summed E-state index contributed by atoms with van der Waals surface area (Å²) in [6, 6.07) is 8.02. The number of methoxy groups -OCH3 is 1. The van der Waals surface area contributed by atoms with Gasteiger partial charge in [0.15, 0.2) is 0 Å². The van der Waals surface area contributed by atoms with E-state index in [4.69, 9.17) is 4.74 Å². The van der Waals surface area contributed by atoms with Crippen molar-refractivity contribution in [3.05, 3.63) is 29.8 Å². The number of hydrogen-bond acceptors (Lipinski definition) is 2. The van der Waals surface area contributed by atoms with Crippen LogP contribution in [0.2, 0.25) is 0 Å². The van der Waals surface area contributed by atoms with Crippen molar-refractivity contribution in [2.75, 3.05) is 7.11 Å². The van der Waals surface area contributed by atoms with Crippen LogP contribution < -0.4 is 4.74 Å². The molecular weight excluding hydrogens is 188 g/mol. The second kappa shape index (κ2) is 4.67. The van der Waals surface area contributed by atoms with E-state index in [2.05, 4.69) is 6.07 Å². The minimum atomic E-state index is -0.199. The molecule has 1 aromatic carbocycles. The highest BCUT2D eigenvalue weighted by atomic mass is 16.5. The van der Waals surface area contributed by atoms with Crippen molar-refractivity contribution < 1.29 is 9.84 Å². The summed E-state index contributed by atoms with van der Waals surface area (Å²) in [5.74, 6) is 1.17. The van der Waals surface area contributed by atoms with E-state index in [-0.39, 0.29) is 12.0 Å². The topological polar surface area (TPSA) is 29.5 Å². The molecule has 0 radical (unpaired) electrons. The fourth-order valence-corrected chi connectivity index (χ4v) is 2.45. The first-order valence-electron chi connectivity index (χ1n) is 5.64. The third-order valence-electron chi connectivity index (χ3n) is 3.27. The van der Waals surface area contributed by atoms with Crippen LogP contribution in [0.1, 0.15) is 37.2 Å². The number of aliphatic hydroxyl groups is 1. The summed E-state index contributed by atoms with van der Waals surface area (Å²) in [5, 5.41) is 9.99. The zero-order valence-electron chi connectivity index (χ0n) is 9.15. The average Bonchev–Trinajstić information content (AvgIpc) is 2.30. The molecule has 2 rings (SSSR count). The summed E-state index contributed by atoms with van der Waals surface area (Å²) in [5.41, 5.74) is 1.16.